The molecule has 0 fully saturated rings. The van der Waals surface area contributed by atoms with E-state index in [4.69, 9.17) is 10.5 Å². The number of nitrogens with two attached hydrogens (primary N) is 1. The lowest BCUT2D eigenvalue weighted by Crippen LogP contribution is -2.47. The summed E-state index contributed by atoms with van der Waals surface area (Å²) in [5.41, 5.74) is 5.79. The third-order valence-electron chi connectivity index (χ3n) is 3.23. The molecule has 25 heavy (non-hydrogen) atoms. The van der Waals surface area contributed by atoms with Crippen LogP contribution in [-0.4, -0.2) is 30.0 Å². The quantitative estimate of drug-likeness (QED) is 0.320. The van der Waals surface area contributed by atoms with Gasteiger partial charge in [0.15, 0.2) is 0 Å². The van der Waals surface area contributed by atoms with Crippen molar-refractivity contribution in [1.82, 2.24) is 16.0 Å². The Labute approximate surface area is 142 Å². The monoisotopic (exact) mass is 347 g/mol. The van der Waals surface area contributed by atoms with E-state index in [9.17, 15) is 19.7 Å². The van der Waals surface area contributed by atoms with Crippen LogP contribution in [0.15, 0.2) is 47.9 Å². The molecule has 0 saturated carbocycles. The maximum atomic E-state index is 12.0. The fourth-order valence-corrected chi connectivity index (χ4v) is 1.99. The van der Waals surface area contributed by atoms with Gasteiger partial charge < -0.3 is 26.4 Å². The van der Waals surface area contributed by atoms with Crippen molar-refractivity contribution in [3.05, 3.63) is 58.0 Å². The highest BCUT2D eigenvalue weighted by molar-refractivity contribution is 6.00. The van der Waals surface area contributed by atoms with E-state index in [1.807, 2.05) is 0 Å². The predicted molar refractivity (Wildman–Crippen MR) is 88.2 cm³/mol. The molecule has 1 aromatic rings. The third kappa shape index (κ3) is 4.70. The molecule has 0 unspecified atom stereocenters. The summed E-state index contributed by atoms with van der Waals surface area (Å²) in [6.07, 6.45) is 0.453. The average Bonchev–Trinajstić information content (AvgIpc) is 2.57. The Balaban J connectivity index is 1.78. The molecule has 1 aromatic carbocycles. The van der Waals surface area contributed by atoms with Gasteiger partial charge >= 0.3 is 6.03 Å². The van der Waals surface area contributed by atoms with Crippen molar-refractivity contribution in [2.45, 2.75) is 6.42 Å². The number of ether oxygens (including phenoxy) is 1. The Morgan fingerprint density at radius 1 is 1.40 bits per heavy atom. The highest BCUT2D eigenvalue weighted by Gasteiger charge is 2.23. The maximum Gasteiger partial charge on any atom is 0.323 e. The summed E-state index contributed by atoms with van der Waals surface area (Å²) in [5, 5.41) is 17.9. The first-order valence-corrected chi connectivity index (χ1v) is 7.31. The molecular formula is C15H17N5O5. The van der Waals surface area contributed by atoms with E-state index in [1.54, 1.807) is 6.07 Å². The Hall–Kier alpha value is -3.56. The zero-order chi connectivity index (χ0) is 18.4. The molecule has 0 atom stereocenters. The van der Waals surface area contributed by atoms with Crippen molar-refractivity contribution in [1.29, 1.82) is 0 Å². The van der Waals surface area contributed by atoms with Crippen LogP contribution in [0.3, 0.4) is 0 Å². The summed E-state index contributed by atoms with van der Waals surface area (Å²) < 4.78 is 5.39. The number of amides is 3. The number of carbonyl (C=O) groups excluding carboxylic acids is 2. The van der Waals surface area contributed by atoms with Gasteiger partial charge in [0.1, 0.15) is 11.4 Å². The molecule has 1 aliphatic rings. The van der Waals surface area contributed by atoms with Crippen LogP contribution in [0.2, 0.25) is 0 Å². The van der Waals surface area contributed by atoms with Gasteiger partial charge in [-0.15, -0.1) is 0 Å². The largest absolute Gasteiger partial charge is 0.493 e. The summed E-state index contributed by atoms with van der Waals surface area (Å²) in [7, 11) is 0. The number of non-ortho nitro benzene ring substituents is 1. The van der Waals surface area contributed by atoms with E-state index in [0.29, 0.717) is 12.2 Å². The fourth-order valence-electron chi connectivity index (χ4n) is 1.99. The molecule has 10 heteroatoms. The Bertz CT molecular complexity index is 758. The number of nitrogens with one attached hydrogen (secondary N) is 3. The average molecular weight is 347 g/mol. The summed E-state index contributed by atoms with van der Waals surface area (Å²) in [6, 6.07) is 5.23. The molecule has 1 heterocycles. The van der Waals surface area contributed by atoms with Crippen LogP contribution in [0.5, 0.6) is 5.75 Å². The topological polar surface area (TPSA) is 149 Å². The summed E-state index contributed by atoms with van der Waals surface area (Å²) >= 11 is 0. The van der Waals surface area contributed by atoms with E-state index in [-0.39, 0.29) is 35.9 Å². The lowest BCUT2D eigenvalue weighted by molar-refractivity contribution is -0.384. The van der Waals surface area contributed by atoms with Gasteiger partial charge in [0.2, 0.25) is 0 Å². The zero-order valence-corrected chi connectivity index (χ0v) is 13.2. The third-order valence-corrected chi connectivity index (χ3v) is 3.23. The molecule has 0 radical (unpaired) electrons. The van der Waals surface area contributed by atoms with Gasteiger partial charge in [-0.25, -0.2) is 4.79 Å². The standard InChI is InChI=1S/C15H17N5O5/c1-9-12(16)13(19-15(22)18-9)14(21)17-6-3-7-25-11-5-2-4-10(8-11)20(23)24/h2,4-5,8H,1,3,6-7,16H2,(H,17,21)(H2,18,19,22). The summed E-state index contributed by atoms with van der Waals surface area (Å²) in [6.45, 7) is 4.05. The number of hydrogen-bond donors (Lipinski definition) is 4. The van der Waals surface area contributed by atoms with Crippen LogP contribution in [0.4, 0.5) is 10.5 Å². The predicted octanol–water partition coefficient (Wildman–Crippen LogP) is 0.477. The normalized spacial score (nSPS) is 13.8. The van der Waals surface area contributed by atoms with Crippen LogP contribution >= 0.6 is 0 Å². The Kier molecular flexibility index (Phi) is 5.56. The second kappa shape index (κ2) is 7.81. The molecule has 132 valence electrons. The van der Waals surface area contributed by atoms with Gasteiger partial charge in [0.05, 0.1) is 29.0 Å². The molecule has 2 rings (SSSR count). The number of nitrogens with zero attached hydrogens (tertiary/aromatic N) is 1. The second-order valence-corrected chi connectivity index (χ2v) is 5.06. The molecular weight excluding hydrogens is 330 g/mol. The minimum atomic E-state index is -0.585. The number of nitro groups is 1. The van der Waals surface area contributed by atoms with Crippen LogP contribution in [-0.2, 0) is 4.79 Å². The lowest BCUT2D eigenvalue weighted by Gasteiger charge is -2.20. The Morgan fingerprint density at radius 2 is 2.16 bits per heavy atom. The molecule has 0 spiro atoms. The van der Waals surface area contributed by atoms with E-state index < -0.39 is 16.9 Å². The first-order valence-electron chi connectivity index (χ1n) is 7.31. The number of benzene rings is 1. The lowest BCUT2D eigenvalue weighted by atomic mass is 10.2. The van der Waals surface area contributed by atoms with E-state index >= 15 is 0 Å². The van der Waals surface area contributed by atoms with Crippen LogP contribution < -0.4 is 26.4 Å². The van der Waals surface area contributed by atoms with Gasteiger partial charge in [0, 0.05) is 12.6 Å². The maximum absolute atomic E-state index is 12.0. The minimum absolute atomic E-state index is 0.0601. The number of urea groups is 1. The zero-order valence-electron chi connectivity index (χ0n) is 13.2. The first-order chi connectivity index (χ1) is 11.9. The van der Waals surface area contributed by atoms with E-state index in [0.717, 1.165) is 0 Å². The minimum Gasteiger partial charge on any atom is -0.493 e. The fraction of sp³-hybridized carbons (Fsp3) is 0.200. The van der Waals surface area contributed by atoms with Crippen molar-refractivity contribution in [2.75, 3.05) is 13.2 Å². The van der Waals surface area contributed by atoms with Crippen LogP contribution in [0.1, 0.15) is 6.42 Å². The summed E-state index contributed by atoms with van der Waals surface area (Å²) in [4.78, 5) is 33.5. The number of rotatable bonds is 7. The molecule has 1 aliphatic heterocycles. The summed E-state index contributed by atoms with van der Waals surface area (Å²) in [5.74, 6) is -0.168. The van der Waals surface area contributed by atoms with Crippen molar-refractivity contribution < 1.29 is 19.2 Å². The highest BCUT2D eigenvalue weighted by atomic mass is 16.6. The van der Waals surface area contributed by atoms with Crippen molar-refractivity contribution in [2.24, 2.45) is 5.73 Å². The molecule has 10 nitrogen and oxygen atoms in total. The van der Waals surface area contributed by atoms with Gasteiger partial charge in [-0.05, 0) is 12.5 Å². The molecule has 0 bridgehead atoms. The first kappa shape index (κ1) is 17.8. The Morgan fingerprint density at radius 3 is 2.88 bits per heavy atom. The van der Waals surface area contributed by atoms with Crippen molar-refractivity contribution >= 4 is 17.6 Å². The smallest absolute Gasteiger partial charge is 0.323 e. The van der Waals surface area contributed by atoms with Crippen LogP contribution in [0, 0.1) is 10.1 Å². The van der Waals surface area contributed by atoms with Crippen LogP contribution in [0.25, 0.3) is 0 Å². The van der Waals surface area contributed by atoms with E-state index in [2.05, 4.69) is 22.5 Å². The SMILES string of the molecule is C=C1NC(=O)NC(C(=O)NCCCOc2cccc([N+](=O)[O-])c2)=C1N. The molecule has 0 aromatic heterocycles. The van der Waals surface area contributed by atoms with E-state index in [1.165, 1.54) is 18.2 Å². The second-order valence-electron chi connectivity index (χ2n) is 5.06. The number of hydrogen-bond acceptors (Lipinski definition) is 6. The molecule has 3 amide bonds. The van der Waals surface area contributed by atoms with Crippen molar-refractivity contribution in [3.63, 3.8) is 0 Å². The number of nitro benzene ring substituents is 1. The van der Waals surface area contributed by atoms with Gasteiger partial charge in [0.25, 0.3) is 11.6 Å². The van der Waals surface area contributed by atoms with Gasteiger partial charge in [-0.3, -0.25) is 14.9 Å². The molecule has 0 aliphatic carbocycles. The molecule has 5 N–H and O–H groups in total. The van der Waals surface area contributed by atoms with Crippen molar-refractivity contribution in [3.8, 4) is 5.75 Å². The van der Waals surface area contributed by atoms with Gasteiger partial charge in [-0.1, -0.05) is 12.6 Å². The molecule has 0 saturated heterocycles. The highest BCUT2D eigenvalue weighted by Crippen LogP contribution is 2.19. The number of carbonyl (C=O) groups is 2. The van der Waals surface area contributed by atoms with Gasteiger partial charge in [-0.2, -0.15) is 0 Å².